The molecule has 0 bridgehead atoms. The Kier molecular flexibility index (Phi) is 8.31. The lowest BCUT2D eigenvalue weighted by molar-refractivity contribution is -0.154. The number of unbranched alkanes of at least 4 members (excludes halogenated alkanes) is 1. The maximum atomic E-state index is 13.6. The third-order valence-electron chi connectivity index (χ3n) is 5.87. The molecule has 198 valence electrons. The predicted molar refractivity (Wildman–Crippen MR) is 114 cm³/mol. The molecule has 13 heteroatoms. The van der Waals surface area contributed by atoms with Crippen molar-refractivity contribution >= 4 is 15.6 Å². The van der Waals surface area contributed by atoms with Gasteiger partial charge in [0.05, 0.1) is 15.7 Å². The number of halogens is 7. The highest BCUT2D eigenvalue weighted by Gasteiger charge is 2.40. The van der Waals surface area contributed by atoms with Gasteiger partial charge in [0.1, 0.15) is 5.82 Å². The molecular weight excluding hydrogens is 519 g/mol. The van der Waals surface area contributed by atoms with Gasteiger partial charge >= 0.3 is 12.4 Å². The minimum atomic E-state index is -4.87. The Hall–Kier alpha value is -2.70. The fraction of sp³-hybridized carbons (Fsp3) is 0.478. The van der Waals surface area contributed by atoms with Crippen molar-refractivity contribution in [2.75, 3.05) is 6.61 Å². The standard InChI is InChI=1S/C23H22F7NO4S/c24-17-9-16(23(28,29)30)10-19(11-17)36(33,34)18-7-14(8-18)3-1-2-4-20(32)15-5-6-21(31-12-15)35-13-22(25,26)27/h5-6,9-12,14,18H,1-4,7-8,13H2. The van der Waals surface area contributed by atoms with Crippen molar-refractivity contribution < 1.29 is 48.7 Å². The maximum absolute atomic E-state index is 13.6. The maximum Gasteiger partial charge on any atom is 0.422 e. The summed E-state index contributed by atoms with van der Waals surface area (Å²) in [6, 6.07) is 3.77. The summed E-state index contributed by atoms with van der Waals surface area (Å²) in [6.45, 7) is -1.49. The van der Waals surface area contributed by atoms with Crippen LogP contribution in [0.4, 0.5) is 30.7 Å². The number of alkyl halides is 6. The van der Waals surface area contributed by atoms with Crippen LogP contribution >= 0.6 is 0 Å². The molecule has 1 heterocycles. The summed E-state index contributed by atoms with van der Waals surface area (Å²) in [6.07, 6.45) is -5.93. The largest absolute Gasteiger partial charge is 0.468 e. The average Bonchev–Trinajstić information content (AvgIpc) is 2.74. The third-order valence-corrected chi connectivity index (χ3v) is 8.02. The van der Waals surface area contributed by atoms with Crippen LogP contribution in [0, 0.1) is 11.7 Å². The molecule has 0 amide bonds. The molecule has 1 aromatic carbocycles. The van der Waals surface area contributed by atoms with Crippen molar-refractivity contribution in [1.82, 2.24) is 4.98 Å². The Morgan fingerprint density at radius 3 is 2.31 bits per heavy atom. The SMILES string of the molecule is O=C(CCCCC1CC(S(=O)(=O)c2cc(F)cc(C(F)(F)F)c2)C1)c1ccc(OCC(F)(F)F)nc1. The Morgan fingerprint density at radius 1 is 1.03 bits per heavy atom. The Balaban J connectivity index is 1.42. The van der Waals surface area contributed by atoms with Crippen molar-refractivity contribution in [3.8, 4) is 5.88 Å². The monoisotopic (exact) mass is 541 g/mol. The summed E-state index contributed by atoms with van der Waals surface area (Å²) in [5, 5.41) is -0.892. The van der Waals surface area contributed by atoms with Gasteiger partial charge < -0.3 is 4.74 Å². The molecule has 2 aromatic rings. The molecule has 0 saturated heterocycles. The van der Waals surface area contributed by atoms with E-state index in [-0.39, 0.29) is 48.5 Å². The van der Waals surface area contributed by atoms with Crippen molar-refractivity contribution in [3.63, 3.8) is 0 Å². The van der Waals surface area contributed by atoms with Crippen LogP contribution in [0.15, 0.2) is 41.4 Å². The van der Waals surface area contributed by atoms with E-state index in [1.54, 1.807) is 0 Å². The molecule has 3 rings (SSSR count). The molecule has 0 unspecified atom stereocenters. The zero-order chi connectivity index (χ0) is 26.7. The summed E-state index contributed by atoms with van der Waals surface area (Å²) in [4.78, 5) is 15.2. The van der Waals surface area contributed by atoms with Crippen molar-refractivity contribution in [1.29, 1.82) is 0 Å². The Bertz CT molecular complexity index is 1170. The molecule has 0 N–H and O–H groups in total. The number of ketones is 1. The van der Waals surface area contributed by atoms with E-state index >= 15 is 0 Å². The fourth-order valence-corrected chi connectivity index (χ4v) is 5.90. The van der Waals surface area contributed by atoms with Crippen LogP contribution in [0.25, 0.3) is 0 Å². The second-order valence-electron chi connectivity index (χ2n) is 8.64. The summed E-state index contributed by atoms with van der Waals surface area (Å²) in [5.41, 5.74) is -1.14. The lowest BCUT2D eigenvalue weighted by atomic mass is 9.81. The fourth-order valence-electron chi connectivity index (χ4n) is 3.90. The number of ether oxygens (including phenoxy) is 1. The highest BCUT2D eigenvalue weighted by atomic mass is 32.2. The summed E-state index contributed by atoms with van der Waals surface area (Å²) in [7, 11) is -4.11. The number of hydrogen-bond donors (Lipinski definition) is 0. The predicted octanol–water partition coefficient (Wildman–Crippen LogP) is 6.18. The van der Waals surface area contributed by atoms with Gasteiger partial charge in [-0.3, -0.25) is 4.79 Å². The van der Waals surface area contributed by atoms with Crippen LogP contribution in [0.5, 0.6) is 5.88 Å². The molecule has 0 aliphatic heterocycles. The van der Waals surface area contributed by atoms with E-state index in [1.165, 1.54) is 12.1 Å². The minimum Gasteiger partial charge on any atom is -0.468 e. The topological polar surface area (TPSA) is 73.3 Å². The van der Waals surface area contributed by atoms with E-state index in [9.17, 15) is 43.9 Å². The first kappa shape index (κ1) is 27.9. The van der Waals surface area contributed by atoms with Crippen LogP contribution in [-0.2, 0) is 16.0 Å². The third kappa shape index (κ3) is 7.40. The van der Waals surface area contributed by atoms with E-state index in [1.807, 2.05) is 0 Å². The number of hydrogen-bond acceptors (Lipinski definition) is 5. The molecule has 1 saturated carbocycles. The molecule has 0 atom stereocenters. The molecule has 36 heavy (non-hydrogen) atoms. The molecular formula is C23H22F7NO4S. The van der Waals surface area contributed by atoms with Crippen LogP contribution in [0.2, 0.25) is 0 Å². The van der Waals surface area contributed by atoms with E-state index in [0.29, 0.717) is 31.4 Å². The number of sulfone groups is 1. The number of aromatic nitrogens is 1. The first-order chi connectivity index (χ1) is 16.6. The van der Waals surface area contributed by atoms with E-state index in [4.69, 9.17) is 0 Å². The zero-order valence-corrected chi connectivity index (χ0v) is 19.5. The van der Waals surface area contributed by atoms with E-state index in [0.717, 1.165) is 6.20 Å². The summed E-state index contributed by atoms with van der Waals surface area (Å²) in [5.74, 6) is -1.78. The molecule has 1 aliphatic rings. The van der Waals surface area contributed by atoms with Crippen LogP contribution < -0.4 is 4.74 Å². The first-order valence-electron chi connectivity index (χ1n) is 11.0. The molecule has 5 nitrogen and oxygen atoms in total. The molecule has 0 spiro atoms. The van der Waals surface area contributed by atoms with Gasteiger partial charge in [0.15, 0.2) is 22.2 Å². The van der Waals surface area contributed by atoms with Gasteiger partial charge in [-0.15, -0.1) is 0 Å². The smallest absolute Gasteiger partial charge is 0.422 e. The number of carbonyl (C=O) groups excluding carboxylic acids is 1. The van der Waals surface area contributed by atoms with E-state index < -0.39 is 50.3 Å². The van der Waals surface area contributed by atoms with Crippen LogP contribution in [0.3, 0.4) is 0 Å². The lowest BCUT2D eigenvalue weighted by Crippen LogP contribution is -2.36. The van der Waals surface area contributed by atoms with Gasteiger partial charge in [0.2, 0.25) is 5.88 Å². The quantitative estimate of drug-likeness (QED) is 0.204. The van der Waals surface area contributed by atoms with E-state index in [2.05, 4.69) is 9.72 Å². The normalized spacial score (nSPS) is 18.5. The van der Waals surface area contributed by atoms with Gasteiger partial charge in [0, 0.05) is 24.2 Å². The number of rotatable bonds is 10. The first-order valence-corrected chi connectivity index (χ1v) is 12.5. The second-order valence-corrected chi connectivity index (χ2v) is 10.9. The van der Waals surface area contributed by atoms with Crippen molar-refractivity contribution in [3.05, 3.63) is 53.5 Å². The number of pyridine rings is 1. The molecule has 1 fully saturated rings. The average molecular weight is 541 g/mol. The van der Waals surface area contributed by atoms with Crippen LogP contribution in [-0.4, -0.2) is 37.2 Å². The zero-order valence-electron chi connectivity index (χ0n) is 18.7. The Morgan fingerprint density at radius 2 is 1.72 bits per heavy atom. The van der Waals surface area contributed by atoms with Crippen molar-refractivity contribution in [2.24, 2.45) is 5.92 Å². The summed E-state index contributed by atoms with van der Waals surface area (Å²) >= 11 is 0. The van der Waals surface area contributed by atoms with Crippen molar-refractivity contribution in [2.45, 2.75) is 61.0 Å². The highest BCUT2D eigenvalue weighted by Crippen LogP contribution is 2.40. The number of Topliss-reactive ketones (excluding diaryl/α,β-unsaturated/α-hetero) is 1. The van der Waals surface area contributed by atoms with Gasteiger partial charge in [-0.1, -0.05) is 12.8 Å². The number of benzene rings is 1. The summed E-state index contributed by atoms with van der Waals surface area (Å²) < 4.78 is 118. The van der Waals surface area contributed by atoms with Gasteiger partial charge in [-0.2, -0.15) is 26.3 Å². The lowest BCUT2D eigenvalue weighted by Gasteiger charge is -2.35. The minimum absolute atomic E-state index is 0.0160. The second kappa shape index (κ2) is 10.7. The van der Waals surface area contributed by atoms with Crippen LogP contribution in [0.1, 0.15) is 54.4 Å². The molecule has 0 radical (unpaired) electrons. The molecule has 1 aliphatic carbocycles. The highest BCUT2D eigenvalue weighted by molar-refractivity contribution is 7.92. The molecule has 1 aromatic heterocycles. The number of carbonyl (C=O) groups is 1. The Labute approximate surface area is 202 Å². The van der Waals surface area contributed by atoms with Gasteiger partial charge in [0.25, 0.3) is 0 Å². The van der Waals surface area contributed by atoms with Gasteiger partial charge in [-0.05, 0) is 49.4 Å². The number of nitrogens with zero attached hydrogens (tertiary/aromatic N) is 1. The van der Waals surface area contributed by atoms with Gasteiger partial charge in [-0.25, -0.2) is 17.8 Å².